The molecule has 0 saturated carbocycles. The Morgan fingerprint density at radius 2 is 1.91 bits per heavy atom. The van der Waals surface area contributed by atoms with Crippen LogP contribution in [-0.2, 0) is 11.2 Å². The largest absolute Gasteiger partial charge is 0.444 e. The van der Waals surface area contributed by atoms with Crippen LogP contribution < -0.4 is 16.4 Å². The lowest BCUT2D eigenvalue weighted by atomic mass is 9.89. The quantitative estimate of drug-likeness (QED) is 0.745. The summed E-state index contributed by atoms with van der Waals surface area (Å²) in [7, 11) is 0. The van der Waals surface area contributed by atoms with Gasteiger partial charge in [0.2, 0.25) is 0 Å². The number of amides is 1. The monoisotopic (exact) mass is 305 g/mol. The molecule has 22 heavy (non-hydrogen) atoms. The molecule has 0 unspecified atom stereocenters. The summed E-state index contributed by atoms with van der Waals surface area (Å²) in [5.74, 6) is 0.934. The number of alkyl carbamates (subject to hydrolysis) is 1. The van der Waals surface area contributed by atoms with Crippen LogP contribution in [0.3, 0.4) is 0 Å². The summed E-state index contributed by atoms with van der Waals surface area (Å²) in [5.41, 5.74) is 7.33. The molecule has 0 bridgehead atoms. The van der Waals surface area contributed by atoms with Gasteiger partial charge >= 0.3 is 6.09 Å². The number of nitrogen functional groups attached to an aromatic ring is 1. The van der Waals surface area contributed by atoms with Gasteiger partial charge in [-0.05, 0) is 69.8 Å². The van der Waals surface area contributed by atoms with Crippen LogP contribution >= 0.6 is 0 Å². The van der Waals surface area contributed by atoms with Crippen LogP contribution in [0, 0.1) is 11.8 Å². The average Bonchev–Trinajstić information content (AvgIpc) is 2.84. The Morgan fingerprint density at radius 3 is 2.55 bits per heavy atom. The highest BCUT2D eigenvalue weighted by molar-refractivity contribution is 5.67. The number of nitrogens with two attached hydrogens (primary N) is 1. The first-order valence-electron chi connectivity index (χ1n) is 7.85. The minimum absolute atomic E-state index is 0.342. The Balaban J connectivity index is 1.83. The first-order chi connectivity index (χ1) is 10.3. The lowest BCUT2D eigenvalue weighted by Gasteiger charge is -2.22. The van der Waals surface area contributed by atoms with Crippen molar-refractivity contribution < 1.29 is 9.53 Å². The average molecular weight is 305 g/mol. The van der Waals surface area contributed by atoms with Crippen molar-refractivity contribution in [2.24, 2.45) is 11.8 Å². The Kier molecular flexibility index (Phi) is 5.29. The highest BCUT2D eigenvalue weighted by atomic mass is 16.6. The minimum Gasteiger partial charge on any atom is -0.444 e. The topological polar surface area (TPSA) is 76.4 Å². The van der Waals surface area contributed by atoms with E-state index in [4.69, 9.17) is 10.5 Å². The van der Waals surface area contributed by atoms with Gasteiger partial charge in [-0.2, -0.15) is 0 Å². The van der Waals surface area contributed by atoms with E-state index in [9.17, 15) is 4.79 Å². The minimum atomic E-state index is -0.457. The van der Waals surface area contributed by atoms with Gasteiger partial charge in [0.1, 0.15) is 5.60 Å². The molecule has 1 aromatic carbocycles. The predicted molar refractivity (Wildman–Crippen MR) is 88.6 cm³/mol. The Hall–Kier alpha value is -1.75. The van der Waals surface area contributed by atoms with Crippen LogP contribution in [0.1, 0.15) is 26.3 Å². The number of nitrogens with one attached hydrogen (secondary N) is 2. The maximum Gasteiger partial charge on any atom is 0.407 e. The van der Waals surface area contributed by atoms with Gasteiger partial charge in [-0.3, -0.25) is 0 Å². The normalized spacial score (nSPS) is 21.6. The molecule has 5 heteroatoms. The molecule has 0 aliphatic carbocycles. The first kappa shape index (κ1) is 16.6. The molecule has 2 atom stereocenters. The number of hydrogen-bond donors (Lipinski definition) is 3. The van der Waals surface area contributed by atoms with Crippen molar-refractivity contribution in [1.29, 1.82) is 0 Å². The molecule has 2 rings (SSSR count). The van der Waals surface area contributed by atoms with Gasteiger partial charge in [-0.15, -0.1) is 0 Å². The number of benzene rings is 1. The molecule has 1 aromatic rings. The lowest BCUT2D eigenvalue weighted by molar-refractivity contribution is 0.0517. The fourth-order valence-electron chi connectivity index (χ4n) is 2.75. The molecule has 1 saturated heterocycles. The van der Waals surface area contributed by atoms with E-state index in [1.165, 1.54) is 5.56 Å². The molecular weight excluding hydrogens is 278 g/mol. The maximum absolute atomic E-state index is 11.8. The number of carbonyl (C=O) groups is 1. The smallest absolute Gasteiger partial charge is 0.407 e. The Labute approximate surface area is 132 Å². The molecule has 1 aliphatic heterocycles. The summed E-state index contributed by atoms with van der Waals surface area (Å²) in [5, 5.41) is 6.29. The zero-order valence-electron chi connectivity index (χ0n) is 13.7. The third kappa shape index (κ3) is 5.22. The SMILES string of the molecule is CC(C)(C)OC(=O)NC[C@H]1CNC[C@H]1Cc1ccc(N)cc1. The zero-order valence-corrected chi connectivity index (χ0v) is 13.7. The Morgan fingerprint density at radius 1 is 1.27 bits per heavy atom. The standard InChI is InChI=1S/C17H27N3O2/c1-17(2,3)22-16(21)20-11-14-10-19-9-13(14)8-12-4-6-15(18)7-5-12/h4-7,13-14,19H,8-11,18H2,1-3H3,(H,20,21)/t13-,14-/m1/s1. The number of ether oxygens (including phenoxy) is 1. The summed E-state index contributed by atoms with van der Waals surface area (Å²) in [6, 6.07) is 8.02. The van der Waals surface area contributed by atoms with Crippen LogP contribution in [0.5, 0.6) is 0 Å². The number of rotatable bonds is 4. The number of hydrogen-bond acceptors (Lipinski definition) is 4. The second-order valence-electron chi connectivity index (χ2n) is 7.01. The van der Waals surface area contributed by atoms with Crippen LogP contribution in [0.15, 0.2) is 24.3 Å². The first-order valence-corrected chi connectivity index (χ1v) is 7.85. The molecule has 0 radical (unpaired) electrons. The lowest BCUT2D eigenvalue weighted by Crippen LogP contribution is -2.37. The van der Waals surface area contributed by atoms with E-state index in [0.29, 0.717) is 18.4 Å². The van der Waals surface area contributed by atoms with Gasteiger partial charge in [-0.25, -0.2) is 4.79 Å². The molecule has 1 heterocycles. The van der Waals surface area contributed by atoms with E-state index in [2.05, 4.69) is 22.8 Å². The second kappa shape index (κ2) is 7.01. The van der Waals surface area contributed by atoms with E-state index in [0.717, 1.165) is 25.2 Å². The van der Waals surface area contributed by atoms with Crippen LogP contribution in [0.25, 0.3) is 0 Å². The Bertz CT molecular complexity index is 494. The van der Waals surface area contributed by atoms with Crippen molar-refractivity contribution >= 4 is 11.8 Å². The summed E-state index contributed by atoms with van der Waals surface area (Å²) in [6.07, 6.45) is 0.652. The van der Waals surface area contributed by atoms with Crippen LogP contribution in [0.4, 0.5) is 10.5 Å². The van der Waals surface area contributed by atoms with Crippen molar-refractivity contribution in [2.45, 2.75) is 32.8 Å². The van der Waals surface area contributed by atoms with E-state index in [-0.39, 0.29) is 6.09 Å². The highest BCUT2D eigenvalue weighted by Gasteiger charge is 2.28. The zero-order chi connectivity index (χ0) is 16.2. The molecule has 5 nitrogen and oxygen atoms in total. The van der Waals surface area contributed by atoms with Gasteiger partial charge < -0.3 is 21.1 Å². The molecule has 0 spiro atoms. The third-order valence-corrected chi connectivity index (χ3v) is 3.86. The van der Waals surface area contributed by atoms with Crippen LogP contribution in [0.2, 0.25) is 0 Å². The molecule has 0 aromatic heterocycles. The summed E-state index contributed by atoms with van der Waals surface area (Å²) in [6.45, 7) is 8.15. The molecule has 122 valence electrons. The van der Waals surface area contributed by atoms with Gasteiger partial charge in [0.25, 0.3) is 0 Å². The fourth-order valence-corrected chi connectivity index (χ4v) is 2.75. The summed E-state index contributed by atoms with van der Waals surface area (Å²) < 4.78 is 5.28. The molecular formula is C17H27N3O2. The van der Waals surface area contributed by atoms with Gasteiger partial charge in [0.15, 0.2) is 0 Å². The molecule has 1 fully saturated rings. The maximum atomic E-state index is 11.8. The van der Waals surface area contributed by atoms with Crippen LogP contribution in [-0.4, -0.2) is 31.3 Å². The van der Waals surface area contributed by atoms with Gasteiger partial charge in [0, 0.05) is 12.2 Å². The third-order valence-electron chi connectivity index (χ3n) is 3.86. The van der Waals surface area contributed by atoms with Crippen molar-refractivity contribution in [2.75, 3.05) is 25.4 Å². The van der Waals surface area contributed by atoms with Crippen molar-refractivity contribution in [3.8, 4) is 0 Å². The van der Waals surface area contributed by atoms with Gasteiger partial charge in [0.05, 0.1) is 0 Å². The van der Waals surface area contributed by atoms with E-state index in [1.807, 2.05) is 32.9 Å². The van der Waals surface area contributed by atoms with E-state index < -0.39 is 5.60 Å². The summed E-state index contributed by atoms with van der Waals surface area (Å²) in [4.78, 5) is 11.8. The predicted octanol–water partition coefficient (Wildman–Crippen LogP) is 2.17. The van der Waals surface area contributed by atoms with Crippen molar-refractivity contribution in [3.05, 3.63) is 29.8 Å². The second-order valence-corrected chi connectivity index (χ2v) is 7.01. The van der Waals surface area contributed by atoms with Gasteiger partial charge in [-0.1, -0.05) is 12.1 Å². The fraction of sp³-hybridized carbons (Fsp3) is 0.588. The van der Waals surface area contributed by atoms with E-state index in [1.54, 1.807) is 0 Å². The molecule has 4 N–H and O–H groups in total. The number of anilines is 1. The summed E-state index contributed by atoms with van der Waals surface area (Å²) >= 11 is 0. The molecule has 1 amide bonds. The van der Waals surface area contributed by atoms with E-state index >= 15 is 0 Å². The van der Waals surface area contributed by atoms with Crippen molar-refractivity contribution in [1.82, 2.24) is 10.6 Å². The molecule has 1 aliphatic rings. The van der Waals surface area contributed by atoms with Crippen molar-refractivity contribution in [3.63, 3.8) is 0 Å². The number of carbonyl (C=O) groups excluding carboxylic acids is 1. The highest BCUT2D eigenvalue weighted by Crippen LogP contribution is 2.21.